The molecule has 27 heavy (non-hydrogen) atoms. The lowest BCUT2D eigenvalue weighted by Crippen LogP contribution is -2.40. The molecule has 2 rings (SSSR count). The van der Waals surface area contributed by atoms with E-state index in [0.29, 0.717) is 38.1 Å². The summed E-state index contributed by atoms with van der Waals surface area (Å²) in [5, 5.41) is 10.5. The topological polar surface area (TPSA) is 65.7 Å². The van der Waals surface area contributed by atoms with Gasteiger partial charge in [0.1, 0.15) is 0 Å². The molecule has 1 aromatic heterocycles. The van der Waals surface area contributed by atoms with Crippen molar-refractivity contribution in [3.63, 3.8) is 0 Å². The lowest BCUT2D eigenvalue weighted by atomic mass is 9.99. The van der Waals surface area contributed by atoms with Crippen LogP contribution in [0, 0.1) is 5.92 Å². The molecule has 0 radical (unpaired) electrons. The maximum atomic E-state index is 12.5. The Hall–Kier alpha value is -1.77. The largest absolute Gasteiger partial charge is 0.401 e. The van der Waals surface area contributed by atoms with Crippen LogP contribution in [0.4, 0.5) is 13.2 Å². The highest BCUT2D eigenvalue weighted by Gasteiger charge is 2.34. The predicted molar refractivity (Wildman–Crippen MR) is 98.6 cm³/mol. The molecule has 2 N–H and O–H groups in total. The van der Waals surface area contributed by atoms with E-state index in [1.165, 1.54) is 4.90 Å². The molecule has 6 nitrogen and oxygen atoms in total. The Kier molecular flexibility index (Phi) is 7.94. The van der Waals surface area contributed by atoms with Gasteiger partial charge in [0.2, 0.25) is 0 Å². The lowest BCUT2D eigenvalue weighted by Gasteiger charge is -2.18. The second-order valence-corrected chi connectivity index (χ2v) is 7.04. The molecule has 0 bridgehead atoms. The van der Waals surface area contributed by atoms with Crippen LogP contribution in [0.25, 0.3) is 0 Å². The lowest BCUT2D eigenvalue weighted by molar-refractivity contribution is -0.143. The zero-order chi connectivity index (χ0) is 19.9. The zero-order valence-corrected chi connectivity index (χ0v) is 16.3. The first-order valence-corrected chi connectivity index (χ1v) is 9.53. The first-order valence-electron chi connectivity index (χ1n) is 9.53. The molecule has 1 unspecified atom stereocenters. The van der Waals surface area contributed by atoms with Gasteiger partial charge in [-0.2, -0.15) is 13.2 Å². The molecule has 0 aromatic carbocycles. The number of hydrogen-bond acceptors (Lipinski definition) is 4. The monoisotopic (exact) mass is 389 g/mol. The van der Waals surface area contributed by atoms with Gasteiger partial charge in [0.05, 0.1) is 18.8 Å². The molecule has 0 saturated carbocycles. The number of aromatic nitrogens is 1. The second-order valence-electron chi connectivity index (χ2n) is 7.04. The van der Waals surface area contributed by atoms with Crippen molar-refractivity contribution in [2.45, 2.75) is 51.7 Å². The third-order valence-electron chi connectivity index (χ3n) is 4.97. The predicted octanol–water partition coefficient (Wildman–Crippen LogP) is 3.13. The highest BCUT2D eigenvalue weighted by molar-refractivity contribution is 5.79. The first-order chi connectivity index (χ1) is 12.8. The second kappa shape index (κ2) is 9.96. The van der Waals surface area contributed by atoms with Crippen LogP contribution >= 0.6 is 0 Å². The molecular formula is C18H30F3N5O. The highest BCUT2D eigenvalue weighted by Crippen LogP contribution is 2.23. The van der Waals surface area contributed by atoms with Gasteiger partial charge < -0.3 is 15.2 Å². The number of nitrogens with one attached hydrogen (secondary N) is 2. The molecule has 1 saturated heterocycles. The van der Waals surface area contributed by atoms with Crippen molar-refractivity contribution in [3.8, 4) is 0 Å². The Morgan fingerprint density at radius 1 is 1.37 bits per heavy atom. The number of likely N-dealkylation sites (tertiary alicyclic amines) is 1. The maximum absolute atomic E-state index is 12.5. The van der Waals surface area contributed by atoms with Gasteiger partial charge in [0.15, 0.2) is 11.7 Å². The molecule has 0 spiro atoms. The Balaban J connectivity index is 1.74. The first kappa shape index (κ1) is 21.5. The van der Waals surface area contributed by atoms with Crippen molar-refractivity contribution < 1.29 is 17.7 Å². The van der Waals surface area contributed by atoms with Crippen molar-refractivity contribution in [3.05, 3.63) is 17.5 Å². The quantitative estimate of drug-likeness (QED) is 0.528. The summed E-state index contributed by atoms with van der Waals surface area (Å²) in [4.78, 5) is 5.61. The summed E-state index contributed by atoms with van der Waals surface area (Å²) in [5.41, 5.74) is 0.968. The van der Waals surface area contributed by atoms with Crippen LogP contribution in [0.1, 0.15) is 50.5 Å². The standard InChI is InChI=1S/C18H30F3N5O/c1-4-14(5-2)16-8-15(27-25-16)10-24-17(22-3)23-9-13-6-7-26(11-13)12-18(19,20)21/h8,13-14H,4-7,9-12H2,1-3H3,(H2,22,23,24). The van der Waals surface area contributed by atoms with Crippen LogP contribution in [0.2, 0.25) is 0 Å². The van der Waals surface area contributed by atoms with Crippen molar-refractivity contribution in [1.82, 2.24) is 20.7 Å². The fraction of sp³-hybridized carbons (Fsp3) is 0.778. The van der Waals surface area contributed by atoms with E-state index in [4.69, 9.17) is 4.52 Å². The number of halogens is 3. The minimum absolute atomic E-state index is 0.178. The van der Waals surface area contributed by atoms with Crippen LogP contribution in [-0.4, -0.2) is 55.4 Å². The summed E-state index contributed by atoms with van der Waals surface area (Å²) < 4.78 is 42.8. The summed E-state index contributed by atoms with van der Waals surface area (Å²) >= 11 is 0. The summed E-state index contributed by atoms with van der Waals surface area (Å²) in [5.74, 6) is 1.92. The molecule has 1 aliphatic rings. The Bertz CT molecular complexity index is 598. The zero-order valence-electron chi connectivity index (χ0n) is 16.3. The number of hydrogen-bond donors (Lipinski definition) is 2. The van der Waals surface area contributed by atoms with Gasteiger partial charge in [-0.25, -0.2) is 0 Å². The Labute approximate surface area is 158 Å². The van der Waals surface area contributed by atoms with E-state index in [1.54, 1.807) is 7.05 Å². The minimum atomic E-state index is -4.13. The molecule has 1 atom stereocenters. The summed E-state index contributed by atoms with van der Waals surface area (Å²) in [6.07, 6.45) is -1.34. The molecule has 2 heterocycles. The van der Waals surface area contributed by atoms with Crippen molar-refractivity contribution in [2.24, 2.45) is 10.9 Å². The molecular weight excluding hydrogens is 359 g/mol. The molecule has 1 aromatic rings. The van der Waals surface area contributed by atoms with Crippen LogP contribution in [0.3, 0.4) is 0 Å². The van der Waals surface area contributed by atoms with Crippen molar-refractivity contribution >= 4 is 5.96 Å². The highest BCUT2D eigenvalue weighted by atomic mass is 19.4. The number of rotatable bonds is 8. The number of nitrogens with zero attached hydrogens (tertiary/aromatic N) is 3. The van der Waals surface area contributed by atoms with Crippen LogP contribution in [-0.2, 0) is 6.54 Å². The molecule has 9 heteroatoms. The van der Waals surface area contributed by atoms with Crippen LogP contribution < -0.4 is 10.6 Å². The fourth-order valence-electron chi connectivity index (χ4n) is 3.42. The molecule has 0 aliphatic carbocycles. The van der Waals surface area contributed by atoms with Gasteiger partial charge in [-0.1, -0.05) is 19.0 Å². The van der Waals surface area contributed by atoms with Crippen molar-refractivity contribution in [1.29, 1.82) is 0 Å². The van der Waals surface area contributed by atoms with Crippen molar-refractivity contribution in [2.75, 3.05) is 33.2 Å². The van der Waals surface area contributed by atoms with Crippen LogP contribution in [0.15, 0.2) is 15.6 Å². The number of guanidine groups is 1. The number of alkyl halides is 3. The van der Waals surface area contributed by atoms with E-state index < -0.39 is 12.7 Å². The summed E-state index contributed by atoms with van der Waals surface area (Å²) in [6.45, 7) is 5.40. The van der Waals surface area contributed by atoms with E-state index >= 15 is 0 Å². The van der Waals surface area contributed by atoms with E-state index in [0.717, 1.165) is 30.7 Å². The van der Waals surface area contributed by atoms with Gasteiger partial charge in [-0.15, -0.1) is 0 Å². The SMILES string of the molecule is CCC(CC)c1cc(CNC(=NC)NCC2CCN(CC(F)(F)F)C2)on1. The maximum Gasteiger partial charge on any atom is 0.401 e. The minimum Gasteiger partial charge on any atom is -0.359 e. The van der Waals surface area contributed by atoms with E-state index in [2.05, 4.69) is 34.6 Å². The van der Waals surface area contributed by atoms with E-state index in [1.807, 2.05) is 6.07 Å². The van der Waals surface area contributed by atoms with Gasteiger partial charge in [-0.05, 0) is 31.7 Å². The van der Waals surface area contributed by atoms with Gasteiger partial charge in [0, 0.05) is 32.1 Å². The normalized spacial score (nSPS) is 19.1. The van der Waals surface area contributed by atoms with Gasteiger partial charge in [0.25, 0.3) is 0 Å². The van der Waals surface area contributed by atoms with Gasteiger partial charge >= 0.3 is 6.18 Å². The average molecular weight is 389 g/mol. The van der Waals surface area contributed by atoms with E-state index in [-0.39, 0.29) is 5.92 Å². The average Bonchev–Trinajstić information content (AvgIpc) is 3.24. The third kappa shape index (κ3) is 7.04. The smallest absolute Gasteiger partial charge is 0.359 e. The summed E-state index contributed by atoms with van der Waals surface area (Å²) in [7, 11) is 1.66. The Morgan fingerprint density at radius 3 is 2.74 bits per heavy atom. The Morgan fingerprint density at radius 2 is 2.11 bits per heavy atom. The van der Waals surface area contributed by atoms with Crippen LogP contribution in [0.5, 0.6) is 0 Å². The fourth-order valence-corrected chi connectivity index (χ4v) is 3.42. The third-order valence-corrected chi connectivity index (χ3v) is 4.97. The molecule has 154 valence electrons. The van der Waals surface area contributed by atoms with E-state index in [9.17, 15) is 13.2 Å². The number of aliphatic imine (C=N–C) groups is 1. The molecule has 1 aliphatic heterocycles. The summed E-state index contributed by atoms with van der Waals surface area (Å²) in [6, 6.07) is 1.96. The van der Waals surface area contributed by atoms with Gasteiger partial charge in [-0.3, -0.25) is 9.89 Å². The molecule has 1 fully saturated rings. The molecule has 0 amide bonds.